The number of aryl methyl sites for hydroxylation is 3. The number of rotatable bonds is 23. The van der Waals surface area contributed by atoms with E-state index in [0.717, 1.165) is 68.1 Å². The molecule has 2 aromatic heterocycles. The maximum absolute atomic E-state index is 14.1. The molecule has 0 spiro atoms. The second-order valence-electron chi connectivity index (χ2n) is 20.8. The summed E-state index contributed by atoms with van der Waals surface area (Å²) in [6.07, 6.45) is -7.37. The zero-order valence-electron chi connectivity index (χ0n) is 42.8. The number of nitrogens with one attached hydrogen (secondary N) is 1. The van der Waals surface area contributed by atoms with Crippen molar-refractivity contribution in [1.82, 2.24) is 24.9 Å². The molecule has 2 aromatic carbocycles. The summed E-state index contributed by atoms with van der Waals surface area (Å²) < 4.78 is 41.3. The molecule has 23 nitrogen and oxygen atoms in total. The monoisotopic (exact) mass is 1060 g/mol. The average Bonchev–Trinajstić information content (AvgIpc) is 4.08. The van der Waals surface area contributed by atoms with Crippen LogP contribution in [0.4, 0.5) is 5.69 Å². The molecule has 76 heavy (non-hydrogen) atoms. The smallest absolute Gasteiger partial charge is 0.338 e. The van der Waals surface area contributed by atoms with Gasteiger partial charge in [-0.1, -0.05) is 62.4 Å². The number of carbonyl (C=O) groups is 3. The molecule has 2 aliphatic heterocycles. The lowest BCUT2D eigenvalue weighted by molar-refractivity contribution is -0.384. The number of aliphatic carboxylic acids is 1. The number of ether oxygens (including phenoxy) is 6. The van der Waals surface area contributed by atoms with Crippen molar-refractivity contribution < 1.29 is 78.4 Å². The number of aliphatic hydroxyl groups is 5. The Bertz CT molecular complexity index is 2540. The first-order valence-electron chi connectivity index (χ1n) is 26.6. The first kappa shape index (κ1) is 56.7. The molecule has 4 heterocycles. The fourth-order valence-corrected chi connectivity index (χ4v) is 11.0. The van der Waals surface area contributed by atoms with E-state index in [1.807, 2.05) is 18.5 Å². The van der Waals surface area contributed by atoms with E-state index in [4.69, 9.17) is 28.4 Å². The van der Waals surface area contributed by atoms with Gasteiger partial charge in [0, 0.05) is 61.0 Å². The largest absolute Gasteiger partial charge is 0.479 e. The predicted octanol–water partition coefficient (Wildman–Crippen LogP) is 3.43. The van der Waals surface area contributed by atoms with Crippen LogP contribution in [0.25, 0.3) is 10.9 Å². The number of aliphatic hydroxyl groups excluding tert-OH is 5. The van der Waals surface area contributed by atoms with Gasteiger partial charge >= 0.3 is 11.9 Å². The number of benzene rings is 2. The molecule has 0 bridgehead atoms. The van der Waals surface area contributed by atoms with E-state index < -0.39 is 115 Å². The van der Waals surface area contributed by atoms with E-state index in [9.17, 15) is 55.1 Å². The Hall–Kier alpha value is -5.47. The lowest BCUT2D eigenvalue weighted by Gasteiger charge is -2.48. The van der Waals surface area contributed by atoms with Crippen LogP contribution in [0.2, 0.25) is 0 Å². The summed E-state index contributed by atoms with van der Waals surface area (Å²) in [5.74, 6) is -3.64. The number of non-ortho nitro benzene ring substituents is 1. The highest BCUT2D eigenvalue weighted by molar-refractivity contribution is 5.89. The molecular formula is C53H72N6O17. The molecule has 4 fully saturated rings. The molecule has 7 N–H and O–H groups in total. The normalized spacial score (nSPS) is 30.7. The van der Waals surface area contributed by atoms with E-state index in [0.29, 0.717) is 25.9 Å². The number of unbranched alkanes of at least 4 members (excludes halogenated alkanes) is 1. The second kappa shape index (κ2) is 26.3. The Morgan fingerprint density at radius 2 is 1.63 bits per heavy atom. The topological polar surface area (TPSA) is 319 Å². The number of fused-ring (bicyclic) bond motifs is 1. The van der Waals surface area contributed by atoms with E-state index in [2.05, 4.69) is 20.2 Å². The van der Waals surface area contributed by atoms with Crippen LogP contribution in [-0.2, 0) is 57.5 Å². The van der Waals surface area contributed by atoms with Crippen molar-refractivity contribution in [1.29, 1.82) is 0 Å². The van der Waals surface area contributed by atoms with E-state index in [-0.39, 0.29) is 42.3 Å². The minimum Gasteiger partial charge on any atom is -0.479 e. The van der Waals surface area contributed by atoms with Crippen LogP contribution in [0, 0.1) is 27.9 Å². The summed E-state index contributed by atoms with van der Waals surface area (Å²) in [5, 5.41) is 88.6. The third-order valence-corrected chi connectivity index (χ3v) is 15.3. The zero-order chi connectivity index (χ0) is 54.0. The zero-order valence-corrected chi connectivity index (χ0v) is 42.8. The number of hydrogen-bond acceptors (Lipinski definition) is 18. The van der Waals surface area contributed by atoms with Crippen molar-refractivity contribution >= 4 is 34.4 Å². The highest BCUT2D eigenvalue weighted by Crippen LogP contribution is 2.39. The van der Waals surface area contributed by atoms with E-state index in [1.165, 1.54) is 25.1 Å². The molecule has 4 aromatic rings. The number of nitro benzene ring substituents is 1. The van der Waals surface area contributed by atoms with Crippen LogP contribution in [0.3, 0.4) is 0 Å². The number of nitrogens with zero attached hydrogens (tertiary/aromatic N) is 5. The van der Waals surface area contributed by atoms with Gasteiger partial charge in [0.2, 0.25) is 5.91 Å². The quantitative estimate of drug-likeness (QED) is 0.0242. The van der Waals surface area contributed by atoms with Gasteiger partial charge in [0.25, 0.3) is 5.69 Å². The van der Waals surface area contributed by atoms with E-state index in [1.54, 1.807) is 41.9 Å². The summed E-state index contributed by atoms with van der Waals surface area (Å²) in [5.41, 5.74) is 1.85. The standard InChI is InChI=1S/C53H72N6O17/c1-30-24-35(49(65)54-20-11-16-36-28-58(56-55-36)22-10-9-21-57-23-19-34-26-37(59(69)70)17-18-38(34)57)27-39(46(30)76-52-45(64)44(63)42(61)31(2)71-52)73-53-48(75-51(68)33-14-7-4-8-15-33)47(43(62)41(29-60)74-53)72-40(50(66)67)25-32-12-5-3-6-13-32/h4,7-8,14-15,17-19,23,26,28,30-32,35,39-48,52-53,60-64H,3,5-6,9-13,16,20-22,24-25,27,29H2,1-2H3,(H,54,65)(H,66,67)/t30-,31-,35+,39+,40-,41+,42+,43-,44+,45-,46+,47-,48+,52-,53+/m0/s1. The number of carbonyl (C=O) groups excluding carboxylic acids is 2. The molecule has 2 saturated carbocycles. The number of esters is 1. The van der Waals surface area contributed by atoms with Crippen molar-refractivity contribution in [2.75, 3.05) is 13.2 Å². The Morgan fingerprint density at radius 1 is 0.868 bits per heavy atom. The summed E-state index contributed by atoms with van der Waals surface area (Å²) in [7, 11) is 0. The molecule has 4 aliphatic rings. The molecule has 0 radical (unpaired) electrons. The lowest BCUT2D eigenvalue weighted by atomic mass is 9.77. The Morgan fingerprint density at radius 3 is 2.37 bits per heavy atom. The fourth-order valence-electron chi connectivity index (χ4n) is 11.0. The molecule has 8 rings (SSSR count). The highest BCUT2D eigenvalue weighted by atomic mass is 16.7. The van der Waals surface area contributed by atoms with Crippen molar-refractivity contribution in [3.63, 3.8) is 0 Å². The van der Waals surface area contributed by atoms with Gasteiger partial charge in [0.1, 0.15) is 36.6 Å². The van der Waals surface area contributed by atoms with Gasteiger partial charge in [0.15, 0.2) is 24.8 Å². The Balaban J connectivity index is 0.942. The molecular weight excluding hydrogens is 993 g/mol. The van der Waals surface area contributed by atoms with Crippen molar-refractivity contribution in [3.8, 4) is 0 Å². The van der Waals surface area contributed by atoms with Gasteiger partial charge in [-0.3, -0.25) is 19.6 Å². The number of nitro groups is 1. The predicted molar refractivity (Wildman–Crippen MR) is 268 cm³/mol. The summed E-state index contributed by atoms with van der Waals surface area (Å²) in [4.78, 5) is 51.6. The summed E-state index contributed by atoms with van der Waals surface area (Å²) in [6, 6.07) is 14.7. The molecule has 1 amide bonds. The number of carboxylic acid groups (broad SMARTS) is 1. The van der Waals surface area contributed by atoms with Gasteiger partial charge in [-0.2, -0.15) is 0 Å². The fraction of sp³-hybridized carbons (Fsp3) is 0.642. The van der Waals surface area contributed by atoms with Gasteiger partial charge in [-0.25, -0.2) is 9.59 Å². The minimum atomic E-state index is -1.70. The number of amides is 1. The number of hydrogen-bond donors (Lipinski definition) is 7. The molecule has 0 unspecified atom stereocenters. The van der Waals surface area contributed by atoms with Crippen LogP contribution < -0.4 is 5.32 Å². The molecule has 15 atom stereocenters. The summed E-state index contributed by atoms with van der Waals surface area (Å²) >= 11 is 0. The van der Waals surface area contributed by atoms with Crippen LogP contribution in [0.5, 0.6) is 0 Å². The minimum absolute atomic E-state index is 0.0295. The maximum Gasteiger partial charge on any atom is 0.338 e. The van der Waals surface area contributed by atoms with Crippen LogP contribution in [0.15, 0.2) is 67.0 Å². The second-order valence-corrected chi connectivity index (χ2v) is 20.8. The van der Waals surface area contributed by atoms with Gasteiger partial charge in [-0.15, -0.1) is 5.10 Å². The van der Waals surface area contributed by atoms with E-state index >= 15 is 0 Å². The Kier molecular flexibility index (Phi) is 19.6. The van der Waals surface area contributed by atoms with Crippen LogP contribution in [-0.4, -0.2) is 166 Å². The van der Waals surface area contributed by atoms with Gasteiger partial charge in [0.05, 0.1) is 41.1 Å². The van der Waals surface area contributed by atoms with Gasteiger partial charge < -0.3 is 68.9 Å². The van der Waals surface area contributed by atoms with Crippen LogP contribution >= 0.6 is 0 Å². The Labute approximate surface area is 439 Å². The molecule has 23 heteroatoms. The van der Waals surface area contributed by atoms with Crippen LogP contribution in [0.1, 0.15) is 101 Å². The summed E-state index contributed by atoms with van der Waals surface area (Å²) in [6.45, 7) is 4.20. The molecule has 2 saturated heterocycles. The van der Waals surface area contributed by atoms with Crippen molar-refractivity contribution in [2.24, 2.45) is 17.8 Å². The average molecular weight is 1070 g/mol. The lowest BCUT2D eigenvalue weighted by Crippen LogP contribution is -2.64. The maximum atomic E-state index is 14.1. The number of aromatic nitrogens is 4. The molecule has 2 aliphatic carbocycles. The first-order chi connectivity index (χ1) is 36.6. The first-order valence-corrected chi connectivity index (χ1v) is 26.6. The van der Waals surface area contributed by atoms with Crippen molar-refractivity contribution in [3.05, 3.63) is 88.4 Å². The molecule has 416 valence electrons. The highest BCUT2D eigenvalue weighted by Gasteiger charge is 2.54. The van der Waals surface area contributed by atoms with Gasteiger partial charge in [-0.05, 0) is 88.0 Å². The number of carboxylic acids is 1. The third kappa shape index (κ3) is 14.0. The third-order valence-electron chi connectivity index (χ3n) is 15.3. The van der Waals surface area contributed by atoms with Crippen molar-refractivity contribution in [2.45, 2.75) is 184 Å². The SMILES string of the molecule is C[C@@H]1O[C@@H](O[C@@H]2[C@@H](C)C[C@@H](C(=O)NCCCc3cn(CCCCn4ccc5cc([N+](=O)[O-])ccc54)nn3)C[C@H]2O[C@@H]2O[C@H](CO)[C@H](O)[C@H](O[C@@H](CC3CCCCC3)C(=O)O)[C@H]2OC(=O)c2ccccc2)[C@@H](O)[C@H](O)[C@@H]1O.